The van der Waals surface area contributed by atoms with Crippen LogP contribution in [0.5, 0.6) is 0 Å². The minimum atomic E-state index is -4.63. The fourth-order valence-corrected chi connectivity index (χ4v) is 3.02. The Kier molecular flexibility index (Phi) is 7.44. The minimum absolute atomic E-state index is 0.0441. The molecule has 0 bridgehead atoms. The average Bonchev–Trinajstić information content (AvgIpc) is 2.56. The molecule has 1 heterocycles. The standard InChI is InChI=1S/C18H23F3N2O4/c19-18(20,21)13-8-9-16(25)23(10-13)11-17(26)27-12-15(24)22-14-6-4-2-1-3-5-7-14/h8-10,14H,1-7,11-12H2,(H,22,24). The molecule has 1 aliphatic rings. The van der Waals surface area contributed by atoms with Gasteiger partial charge in [0.2, 0.25) is 0 Å². The number of nitrogens with one attached hydrogen (secondary N) is 1. The third-order valence-corrected chi connectivity index (χ3v) is 4.44. The van der Waals surface area contributed by atoms with Crippen LogP contribution in [0, 0.1) is 0 Å². The van der Waals surface area contributed by atoms with E-state index in [9.17, 15) is 27.6 Å². The Bertz CT molecular complexity index is 707. The predicted octanol–water partition coefficient (Wildman–Crippen LogP) is 2.64. The summed E-state index contributed by atoms with van der Waals surface area (Å²) in [4.78, 5) is 35.3. The quantitative estimate of drug-likeness (QED) is 0.787. The van der Waals surface area contributed by atoms with Crippen molar-refractivity contribution in [3.63, 3.8) is 0 Å². The molecule has 1 aromatic heterocycles. The molecule has 0 atom stereocenters. The van der Waals surface area contributed by atoms with E-state index < -0.39 is 42.3 Å². The van der Waals surface area contributed by atoms with Crippen molar-refractivity contribution in [2.75, 3.05) is 6.61 Å². The van der Waals surface area contributed by atoms with Gasteiger partial charge in [-0.25, -0.2) is 0 Å². The van der Waals surface area contributed by atoms with Gasteiger partial charge >= 0.3 is 12.1 Å². The van der Waals surface area contributed by atoms with Gasteiger partial charge in [-0.1, -0.05) is 32.1 Å². The average molecular weight is 388 g/mol. The SMILES string of the molecule is O=C(COC(=O)Cn1cc(C(F)(F)F)ccc1=O)NC1CCCCCCC1. The van der Waals surface area contributed by atoms with Crippen molar-refractivity contribution in [1.82, 2.24) is 9.88 Å². The molecule has 9 heteroatoms. The zero-order chi connectivity index (χ0) is 19.9. The molecule has 0 unspecified atom stereocenters. The van der Waals surface area contributed by atoms with Gasteiger partial charge in [0.25, 0.3) is 11.5 Å². The van der Waals surface area contributed by atoms with Crippen molar-refractivity contribution in [2.45, 2.75) is 63.7 Å². The number of hydrogen-bond donors (Lipinski definition) is 1. The second-order valence-corrected chi connectivity index (χ2v) is 6.65. The number of alkyl halides is 3. The summed E-state index contributed by atoms with van der Waals surface area (Å²) in [6.07, 6.45) is 3.20. The Morgan fingerprint density at radius 1 is 1.11 bits per heavy atom. The van der Waals surface area contributed by atoms with Gasteiger partial charge in [-0.05, 0) is 18.9 Å². The zero-order valence-corrected chi connectivity index (χ0v) is 14.9. The summed E-state index contributed by atoms with van der Waals surface area (Å²) in [6, 6.07) is 1.42. The number of carbonyl (C=O) groups is 2. The molecule has 1 N–H and O–H groups in total. The molecule has 1 fully saturated rings. The Labute approximate surface area is 154 Å². The number of nitrogens with zero attached hydrogens (tertiary/aromatic N) is 1. The van der Waals surface area contributed by atoms with E-state index in [1.54, 1.807) is 0 Å². The molecule has 150 valence electrons. The molecular formula is C18H23F3N2O4. The van der Waals surface area contributed by atoms with Crippen LogP contribution in [0.25, 0.3) is 0 Å². The first-order valence-corrected chi connectivity index (χ1v) is 8.98. The molecule has 0 saturated heterocycles. The van der Waals surface area contributed by atoms with Gasteiger partial charge in [-0.3, -0.25) is 14.4 Å². The van der Waals surface area contributed by atoms with Crippen LogP contribution in [0.2, 0.25) is 0 Å². The number of aromatic nitrogens is 1. The molecule has 6 nitrogen and oxygen atoms in total. The highest BCUT2D eigenvalue weighted by Gasteiger charge is 2.31. The van der Waals surface area contributed by atoms with Crippen molar-refractivity contribution in [2.24, 2.45) is 0 Å². The maximum Gasteiger partial charge on any atom is 0.417 e. The largest absolute Gasteiger partial charge is 0.454 e. The fourth-order valence-electron chi connectivity index (χ4n) is 3.02. The van der Waals surface area contributed by atoms with Crippen molar-refractivity contribution in [3.05, 3.63) is 34.2 Å². The molecule has 0 spiro atoms. The number of halogens is 3. The van der Waals surface area contributed by atoms with Crippen LogP contribution in [0.15, 0.2) is 23.1 Å². The number of rotatable bonds is 5. The van der Waals surface area contributed by atoms with Crippen molar-refractivity contribution in [1.29, 1.82) is 0 Å². The lowest BCUT2D eigenvalue weighted by atomic mass is 9.97. The summed E-state index contributed by atoms with van der Waals surface area (Å²) in [6.45, 7) is -1.22. The van der Waals surface area contributed by atoms with E-state index in [4.69, 9.17) is 4.74 Å². The molecule has 2 rings (SSSR count). The summed E-state index contributed by atoms with van der Waals surface area (Å²) in [7, 11) is 0. The molecule has 1 amide bonds. The lowest BCUT2D eigenvalue weighted by Gasteiger charge is -2.20. The number of carbonyl (C=O) groups excluding carboxylic acids is 2. The Morgan fingerprint density at radius 2 is 1.74 bits per heavy atom. The number of ether oxygens (including phenoxy) is 1. The second kappa shape index (κ2) is 9.57. The highest BCUT2D eigenvalue weighted by molar-refractivity contribution is 5.80. The monoisotopic (exact) mass is 388 g/mol. The number of amides is 1. The first-order valence-electron chi connectivity index (χ1n) is 8.98. The van der Waals surface area contributed by atoms with E-state index in [2.05, 4.69) is 5.32 Å². The van der Waals surface area contributed by atoms with Gasteiger partial charge in [0.05, 0.1) is 5.56 Å². The van der Waals surface area contributed by atoms with Gasteiger partial charge < -0.3 is 14.6 Å². The molecule has 0 radical (unpaired) electrons. The first kappa shape index (κ1) is 21.0. The van der Waals surface area contributed by atoms with Crippen LogP contribution in [0.3, 0.4) is 0 Å². The van der Waals surface area contributed by atoms with Gasteiger partial charge in [0.1, 0.15) is 6.54 Å². The van der Waals surface area contributed by atoms with E-state index in [1.807, 2.05) is 0 Å². The number of pyridine rings is 1. The van der Waals surface area contributed by atoms with Crippen molar-refractivity contribution in [3.8, 4) is 0 Å². The van der Waals surface area contributed by atoms with Crippen LogP contribution >= 0.6 is 0 Å². The summed E-state index contributed by atoms with van der Waals surface area (Å²) in [5.74, 6) is -1.41. The lowest BCUT2D eigenvalue weighted by molar-refractivity contribution is -0.149. The highest BCUT2D eigenvalue weighted by atomic mass is 19.4. The van der Waals surface area contributed by atoms with E-state index in [1.165, 1.54) is 6.42 Å². The molecule has 0 aliphatic heterocycles. The zero-order valence-electron chi connectivity index (χ0n) is 14.9. The molecule has 0 aromatic carbocycles. The topological polar surface area (TPSA) is 77.4 Å². The number of esters is 1. The summed E-state index contributed by atoms with van der Waals surface area (Å²) in [5.41, 5.74) is -1.81. The van der Waals surface area contributed by atoms with Gasteiger partial charge in [-0.2, -0.15) is 13.2 Å². The summed E-state index contributed by atoms with van der Waals surface area (Å²) < 4.78 is 43.5. The Hall–Kier alpha value is -2.32. The molecular weight excluding hydrogens is 365 g/mol. The third-order valence-electron chi connectivity index (χ3n) is 4.44. The predicted molar refractivity (Wildman–Crippen MR) is 90.9 cm³/mol. The molecule has 1 aromatic rings. The smallest absolute Gasteiger partial charge is 0.417 e. The van der Waals surface area contributed by atoms with Crippen LogP contribution in [-0.2, 0) is 27.0 Å². The van der Waals surface area contributed by atoms with Gasteiger partial charge in [0, 0.05) is 18.3 Å². The van der Waals surface area contributed by atoms with Gasteiger partial charge in [0.15, 0.2) is 6.61 Å². The van der Waals surface area contributed by atoms with E-state index in [0.717, 1.165) is 44.6 Å². The van der Waals surface area contributed by atoms with Crippen molar-refractivity contribution >= 4 is 11.9 Å². The molecule has 1 aliphatic carbocycles. The summed E-state index contributed by atoms with van der Waals surface area (Å²) >= 11 is 0. The fraction of sp³-hybridized carbons (Fsp3) is 0.611. The van der Waals surface area contributed by atoms with E-state index in [-0.39, 0.29) is 6.04 Å². The lowest BCUT2D eigenvalue weighted by Crippen LogP contribution is -2.38. The van der Waals surface area contributed by atoms with Crippen LogP contribution in [0.1, 0.15) is 50.5 Å². The van der Waals surface area contributed by atoms with E-state index in [0.29, 0.717) is 16.8 Å². The third kappa shape index (κ3) is 7.07. The molecule has 27 heavy (non-hydrogen) atoms. The summed E-state index contributed by atoms with van der Waals surface area (Å²) in [5, 5.41) is 2.81. The maximum absolute atomic E-state index is 12.7. The minimum Gasteiger partial charge on any atom is -0.454 e. The Morgan fingerprint density at radius 3 is 2.37 bits per heavy atom. The second-order valence-electron chi connectivity index (χ2n) is 6.65. The van der Waals surface area contributed by atoms with E-state index >= 15 is 0 Å². The van der Waals surface area contributed by atoms with Crippen LogP contribution < -0.4 is 10.9 Å². The Balaban J connectivity index is 1.83. The molecule has 1 saturated carbocycles. The highest BCUT2D eigenvalue weighted by Crippen LogP contribution is 2.28. The number of hydrogen-bond acceptors (Lipinski definition) is 4. The van der Waals surface area contributed by atoms with Gasteiger partial charge in [-0.15, -0.1) is 0 Å². The van der Waals surface area contributed by atoms with Crippen LogP contribution in [-0.4, -0.2) is 29.1 Å². The van der Waals surface area contributed by atoms with Crippen molar-refractivity contribution < 1.29 is 27.5 Å². The maximum atomic E-state index is 12.7. The first-order chi connectivity index (χ1) is 12.8. The van der Waals surface area contributed by atoms with Crippen LogP contribution in [0.4, 0.5) is 13.2 Å². The normalized spacial score (nSPS) is 16.3.